The van der Waals surface area contributed by atoms with Gasteiger partial charge in [0.1, 0.15) is 24.3 Å². The zero-order valence-corrected chi connectivity index (χ0v) is 13.7. The molecule has 1 unspecified atom stereocenters. The van der Waals surface area contributed by atoms with Crippen molar-refractivity contribution in [1.82, 2.24) is 9.13 Å². The standard InChI is InChI=1S/C16H28N4/c1-7-15-19(5)12-14(20(15)6)9-8-13(2)16-17(3)10-11-18(16)4/h10-13H,7-9H2,1-6H3/q+2. The third-order valence-corrected chi connectivity index (χ3v) is 4.39. The topological polar surface area (TPSA) is 17.6 Å². The van der Waals surface area contributed by atoms with Crippen LogP contribution in [-0.2, 0) is 41.0 Å². The molecular weight excluding hydrogens is 248 g/mol. The fraction of sp³-hybridized carbons (Fsp3) is 0.625. The van der Waals surface area contributed by atoms with E-state index in [4.69, 9.17) is 0 Å². The van der Waals surface area contributed by atoms with Gasteiger partial charge in [-0.3, -0.25) is 0 Å². The Morgan fingerprint density at radius 2 is 1.90 bits per heavy atom. The molecule has 2 aromatic heterocycles. The molecule has 0 aliphatic rings. The summed E-state index contributed by atoms with van der Waals surface area (Å²) in [6.07, 6.45) is 9.91. The lowest BCUT2D eigenvalue weighted by Gasteiger charge is -2.07. The third-order valence-electron chi connectivity index (χ3n) is 4.39. The second-order valence-electron chi connectivity index (χ2n) is 5.88. The van der Waals surface area contributed by atoms with Crippen LogP contribution in [0, 0.1) is 0 Å². The van der Waals surface area contributed by atoms with Crippen LogP contribution in [0.2, 0.25) is 0 Å². The maximum atomic E-state index is 2.34. The van der Waals surface area contributed by atoms with Crippen molar-refractivity contribution in [1.29, 1.82) is 0 Å². The van der Waals surface area contributed by atoms with E-state index in [1.807, 2.05) is 0 Å². The lowest BCUT2D eigenvalue weighted by atomic mass is 10.0. The third kappa shape index (κ3) is 2.65. The van der Waals surface area contributed by atoms with Gasteiger partial charge in [0.2, 0.25) is 0 Å². The van der Waals surface area contributed by atoms with E-state index in [1.54, 1.807) is 0 Å². The summed E-state index contributed by atoms with van der Waals surface area (Å²) >= 11 is 0. The Balaban J connectivity index is 2.09. The van der Waals surface area contributed by atoms with Gasteiger partial charge < -0.3 is 0 Å². The van der Waals surface area contributed by atoms with E-state index in [0.29, 0.717) is 5.92 Å². The maximum Gasteiger partial charge on any atom is 0.258 e. The van der Waals surface area contributed by atoms with Gasteiger partial charge in [-0.15, -0.1) is 0 Å². The van der Waals surface area contributed by atoms with Crippen LogP contribution in [0.4, 0.5) is 0 Å². The molecule has 20 heavy (non-hydrogen) atoms. The maximum absolute atomic E-state index is 2.34. The van der Waals surface area contributed by atoms with Crippen molar-refractivity contribution in [3.05, 3.63) is 35.9 Å². The molecule has 0 spiro atoms. The Morgan fingerprint density at radius 3 is 2.40 bits per heavy atom. The molecule has 2 rings (SSSR count). The van der Waals surface area contributed by atoms with Crippen LogP contribution in [0.5, 0.6) is 0 Å². The van der Waals surface area contributed by atoms with Crippen LogP contribution in [0.1, 0.15) is 43.5 Å². The molecule has 0 amide bonds. The van der Waals surface area contributed by atoms with Crippen molar-refractivity contribution in [2.24, 2.45) is 28.2 Å². The summed E-state index contributed by atoms with van der Waals surface area (Å²) in [5.41, 5.74) is 1.42. The summed E-state index contributed by atoms with van der Waals surface area (Å²) < 4.78 is 9.06. The smallest absolute Gasteiger partial charge is 0.237 e. The van der Waals surface area contributed by atoms with Gasteiger partial charge in [0.25, 0.3) is 11.6 Å². The van der Waals surface area contributed by atoms with Crippen molar-refractivity contribution < 1.29 is 9.13 Å². The minimum absolute atomic E-state index is 0.560. The van der Waals surface area contributed by atoms with Crippen LogP contribution >= 0.6 is 0 Å². The molecular formula is C16H28N4+2. The number of nitrogens with zero attached hydrogens (tertiary/aromatic N) is 4. The molecule has 0 saturated heterocycles. The lowest BCUT2D eigenvalue weighted by Crippen LogP contribution is -2.33. The van der Waals surface area contributed by atoms with E-state index >= 15 is 0 Å². The highest BCUT2D eigenvalue weighted by Gasteiger charge is 2.22. The minimum atomic E-state index is 0.560. The summed E-state index contributed by atoms with van der Waals surface area (Å²) in [7, 11) is 8.58. The number of rotatable bonds is 5. The predicted octanol–water partition coefficient (Wildman–Crippen LogP) is 1.31. The number of aryl methyl sites for hydroxylation is 4. The van der Waals surface area contributed by atoms with Crippen LogP contribution < -0.4 is 9.13 Å². The average molecular weight is 276 g/mol. The molecule has 2 heterocycles. The lowest BCUT2D eigenvalue weighted by molar-refractivity contribution is -0.680. The normalized spacial score (nSPS) is 12.9. The molecule has 0 bridgehead atoms. The van der Waals surface area contributed by atoms with Gasteiger partial charge in [-0.25, -0.2) is 18.3 Å². The SMILES string of the molecule is CCc1n(C)c(CCC(C)c2n(C)cc[n+]2C)c[n+]1C. The molecule has 0 aromatic carbocycles. The van der Waals surface area contributed by atoms with Crippen molar-refractivity contribution in [3.63, 3.8) is 0 Å². The first kappa shape index (κ1) is 14.8. The molecule has 2 aromatic rings. The highest BCUT2D eigenvalue weighted by Crippen LogP contribution is 2.18. The first-order chi connectivity index (χ1) is 9.45. The molecule has 0 aliphatic heterocycles. The second kappa shape index (κ2) is 5.81. The van der Waals surface area contributed by atoms with E-state index in [1.165, 1.54) is 23.8 Å². The second-order valence-corrected chi connectivity index (χ2v) is 5.88. The van der Waals surface area contributed by atoms with Gasteiger partial charge in [-0.05, 0) is 6.42 Å². The Hall–Kier alpha value is -1.58. The number of hydrogen-bond acceptors (Lipinski definition) is 0. The summed E-state index contributed by atoms with van der Waals surface area (Å²) in [5.74, 6) is 3.33. The monoisotopic (exact) mass is 276 g/mol. The van der Waals surface area contributed by atoms with Gasteiger partial charge in [-0.1, -0.05) is 13.8 Å². The van der Waals surface area contributed by atoms with Gasteiger partial charge in [0.05, 0.1) is 34.1 Å². The summed E-state index contributed by atoms with van der Waals surface area (Å²) in [5, 5.41) is 0. The van der Waals surface area contributed by atoms with Crippen molar-refractivity contribution in [2.45, 2.75) is 39.0 Å². The highest BCUT2D eigenvalue weighted by atomic mass is 15.1. The van der Waals surface area contributed by atoms with Crippen LogP contribution in [0.3, 0.4) is 0 Å². The number of hydrogen-bond donors (Lipinski definition) is 0. The molecule has 110 valence electrons. The molecule has 0 fully saturated rings. The summed E-state index contributed by atoms with van der Waals surface area (Å²) in [6, 6.07) is 0. The fourth-order valence-electron chi connectivity index (χ4n) is 3.30. The van der Waals surface area contributed by atoms with Gasteiger partial charge in [0.15, 0.2) is 0 Å². The molecule has 1 atom stereocenters. The average Bonchev–Trinajstić information content (AvgIpc) is 2.87. The van der Waals surface area contributed by atoms with E-state index in [2.05, 4.69) is 78.9 Å². The Morgan fingerprint density at radius 1 is 1.20 bits per heavy atom. The summed E-state index contributed by atoms with van der Waals surface area (Å²) in [4.78, 5) is 0. The van der Waals surface area contributed by atoms with Crippen LogP contribution in [0.15, 0.2) is 18.6 Å². The summed E-state index contributed by atoms with van der Waals surface area (Å²) in [6.45, 7) is 4.53. The minimum Gasteiger partial charge on any atom is -0.237 e. The Kier molecular flexibility index (Phi) is 4.31. The van der Waals surface area contributed by atoms with Crippen molar-refractivity contribution >= 4 is 0 Å². The Labute approximate surface area is 122 Å². The Bertz CT molecular complexity index is 572. The fourth-order valence-corrected chi connectivity index (χ4v) is 3.30. The first-order valence-corrected chi connectivity index (χ1v) is 7.49. The van der Waals surface area contributed by atoms with Gasteiger partial charge in [-0.2, -0.15) is 0 Å². The zero-order chi connectivity index (χ0) is 14.9. The van der Waals surface area contributed by atoms with E-state index in [9.17, 15) is 0 Å². The van der Waals surface area contributed by atoms with Crippen LogP contribution in [-0.4, -0.2) is 9.13 Å². The zero-order valence-electron chi connectivity index (χ0n) is 13.7. The van der Waals surface area contributed by atoms with E-state index in [0.717, 1.165) is 12.8 Å². The molecule has 4 heteroatoms. The largest absolute Gasteiger partial charge is 0.258 e. The van der Waals surface area contributed by atoms with E-state index < -0.39 is 0 Å². The molecule has 4 nitrogen and oxygen atoms in total. The predicted molar refractivity (Wildman–Crippen MR) is 79.3 cm³/mol. The molecule has 0 radical (unpaired) electrons. The van der Waals surface area contributed by atoms with Gasteiger partial charge >= 0.3 is 0 Å². The van der Waals surface area contributed by atoms with Crippen molar-refractivity contribution in [2.75, 3.05) is 0 Å². The van der Waals surface area contributed by atoms with Crippen LogP contribution in [0.25, 0.3) is 0 Å². The highest BCUT2D eigenvalue weighted by molar-refractivity contribution is 5.01. The van der Waals surface area contributed by atoms with Crippen molar-refractivity contribution in [3.8, 4) is 0 Å². The molecule has 0 aliphatic carbocycles. The quantitative estimate of drug-likeness (QED) is 0.733. The first-order valence-electron chi connectivity index (χ1n) is 7.49. The molecule has 0 saturated carbocycles. The van der Waals surface area contributed by atoms with Gasteiger partial charge in [0, 0.05) is 12.8 Å². The van der Waals surface area contributed by atoms with E-state index in [-0.39, 0.29) is 0 Å². The molecule has 0 N–H and O–H groups in total. The number of aromatic nitrogens is 4. The number of imidazole rings is 2.